The number of nitrogens with one attached hydrogen (secondary N) is 2. The van der Waals surface area contributed by atoms with Crippen LogP contribution in [-0.4, -0.2) is 33.3 Å². The zero-order chi connectivity index (χ0) is 20.3. The molecule has 0 fully saturated rings. The highest BCUT2D eigenvalue weighted by molar-refractivity contribution is 7.89. The molecular formula is C19H20ClN3O4S. The van der Waals surface area contributed by atoms with Gasteiger partial charge < -0.3 is 10.2 Å². The molecule has 0 saturated heterocycles. The smallest absolute Gasteiger partial charge is 0.240 e. The molecule has 0 radical (unpaired) electrons. The first-order chi connectivity index (χ1) is 13.3. The van der Waals surface area contributed by atoms with E-state index in [2.05, 4.69) is 10.0 Å². The third-order valence-electron chi connectivity index (χ3n) is 4.41. The van der Waals surface area contributed by atoms with E-state index in [4.69, 9.17) is 11.6 Å². The first kappa shape index (κ1) is 20.3. The van der Waals surface area contributed by atoms with Gasteiger partial charge in [0.05, 0.1) is 4.90 Å². The van der Waals surface area contributed by atoms with E-state index in [0.29, 0.717) is 23.7 Å². The standard InChI is InChI=1S/C19H20ClN3O4S/c1-13(24)23-11-9-14-12-17(6-7-18(14)23)28(26,27)21-10-8-19(25)22-16-4-2-15(20)3-5-16/h2-7,12,21H,8-11H2,1H3,(H,22,25). The fourth-order valence-corrected chi connectivity index (χ4v) is 4.22. The van der Waals surface area contributed by atoms with Crippen molar-refractivity contribution in [1.82, 2.24) is 4.72 Å². The molecule has 1 aliphatic rings. The van der Waals surface area contributed by atoms with Gasteiger partial charge in [-0.1, -0.05) is 11.6 Å². The van der Waals surface area contributed by atoms with Crippen molar-refractivity contribution in [2.24, 2.45) is 0 Å². The number of anilines is 2. The SMILES string of the molecule is CC(=O)N1CCc2cc(S(=O)(=O)NCCC(=O)Nc3ccc(Cl)cc3)ccc21. The Morgan fingerprint density at radius 3 is 2.54 bits per heavy atom. The molecule has 3 rings (SSSR count). The molecule has 0 saturated carbocycles. The molecule has 0 unspecified atom stereocenters. The van der Waals surface area contributed by atoms with Crippen molar-refractivity contribution in [2.45, 2.75) is 24.7 Å². The zero-order valence-corrected chi connectivity index (χ0v) is 16.8. The van der Waals surface area contributed by atoms with Crippen LogP contribution < -0.4 is 14.9 Å². The Bertz CT molecular complexity index is 1010. The summed E-state index contributed by atoms with van der Waals surface area (Å²) in [5.74, 6) is -0.379. The van der Waals surface area contributed by atoms with E-state index in [1.165, 1.54) is 13.0 Å². The van der Waals surface area contributed by atoms with Gasteiger partial charge in [-0.05, 0) is 54.4 Å². The molecule has 2 amide bonds. The number of nitrogens with zero attached hydrogens (tertiary/aromatic N) is 1. The predicted octanol–water partition coefficient (Wildman–Crippen LogP) is 2.56. The van der Waals surface area contributed by atoms with Crippen molar-refractivity contribution in [3.8, 4) is 0 Å². The first-order valence-electron chi connectivity index (χ1n) is 8.72. The van der Waals surface area contributed by atoms with Crippen LogP contribution in [0.4, 0.5) is 11.4 Å². The van der Waals surface area contributed by atoms with Gasteiger partial charge in [0.15, 0.2) is 0 Å². The van der Waals surface area contributed by atoms with E-state index < -0.39 is 10.0 Å². The van der Waals surface area contributed by atoms with E-state index in [1.807, 2.05) is 0 Å². The second kappa shape index (κ2) is 8.30. The maximum Gasteiger partial charge on any atom is 0.240 e. The molecule has 28 heavy (non-hydrogen) atoms. The molecule has 0 spiro atoms. The monoisotopic (exact) mass is 421 g/mol. The van der Waals surface area contributed by atoms with Crippen LogP contribution in [0.3, 0.4) is 0 Å². The van der Waals surface area contributed by atoms with Gasteiger partial charge in [0.1, 0.15) is 0 Å². The number of rotatable bonds is 6. The van der Waals surface area contributed by atoms with Gasteiger partial charge in [0, 0.05) is 42.8 Å². The van der Waals surface area contributed by atoms with Crippen molar-refractivity contribution >= 4 is 44.8 Å². The molecule has 0 aliphatic carbocycles. The summed E-state index contributed by atoms with van der Waals surface area (Å²) < 4.78 is 27.4. The fourth-order valence-electron chi connectivity index (χ4n) is 3.01. The summed E-state index contributed by atoms with van der Waals surface area (Å²) in [4.78, 5) is 25.3. The third-order valence-corrected chi connectivity index (χ3v) is 6.12. The summed E-state index contributed by atoms with van der Waals surface area (Å²) in [6.45, 7) is 2.00. The van der Waals surface area contributed by atoms with Gasteiger partial charge in [-0.2, -0.15) is 0 Å². The van der Waals surface area contributed by atoms with Crippen molar-refractivity contribution in [3.05, 3.63) is 53.1 Å². The third kappa shape index (κ3) is 4.70. The minimum absolute atomic E-state index is 0.00902. The number of benzene rings is 2. The van der Waals surface area contributed by atoms with Gasteiger partial charge in [0.2, 0.25) is 21.8 Å². The number of fused-ring (bicyclic) bond motifs is 1. The maximum absolute atomic E-state index is 12.5. The van der Waals surface area contributed by atoms with Crippen LogP contribution in [-0.2, 0) is 26.0 Å². The van der Waals surface area contributed by atoms with Crippen LogP contribution in [0.5, 0.6) is 0 Å². The number of carbonyl (C=O) groups is 2. The highest BCUT2D eigenvalue weighted by Crippen LogP contribution is 2.30. The molecule has 148 valence electrons. The molecule has 1 heterocycles. The number of amides is 2. The molecule has 2 aromatic carbocycles. The van der Waals surface area contributed by atoms with Crippen LogP contribution in [0, 0.1) is 0 Å². The lowest BCUT2D eigenvalue weighted by atomic mass is 10.2. The van der Waals surface area contributed by atoms with Gasteiger partial charge in [-0.25, -0.2) is 13.1 Å². The van der Waals surface area contributed by atoms with Crippen LogP contribution in [0.2, 0.25) is 5.02 Å². The Hall–Kier alpha value is -2.42. The van der Waals surface area contributed by atoms with Gasteiger partial charge in [0.25, 0.3) is 0 Å². The molecule has 0 bridgehead atoms. The lowest BCUT2D eigenvalue weighted by Crippen LogP contribution is -2.28. The molecular weight excluding hydrogens is 402 g/mol. The number of hydrogen-bond acceptors (Lipinski definition) is 4. The Kier molecular flexibility index (Phi) is 6.02. The summed E-state index contributed by atoms with van der Waals surface area (Å²) >= 11 is 5.79. The normalized spacial score (nSPS) is 13.3. The molecule has 1 aliphatic heterocycles. The van der Waals surface area contributed by atoms with Crippen molar-refractivity contribution in [3.63, 3.8) is 0 Å². The van der Waals surface area contributed by atoms with Gasteiger partial charge in [-0.15, -0.1) is 0 Å². The Balaban J connectivity index is 1.58. The molecule has 9 heteroatoms. The van der Waals surface area contributed by atoms with E-state index in [0.717, 1.165) is 11.3 Å². The average molecular weight is 422 g/mol. The minimum atomic E-state index is -3.74. The summed E-state index contributed by atoms with van der Waals surface area (Å²) in [7, 11) is -3.74. The lowest BCUT2D eigenvalue weighted by Gasteiger charge is -2.15. The van der Waals surface area contributed by atoms with E-state index in [1.54, 1.807) is 41.3 Å². The van der Waals surface area contributed by atoms with Crippen LogP contribution in [0.15, 0.2) is 47.4 Å². The summed E-state index contributed by atoms with van der Waals surface area (Å²) in [5.41, 5.74) is 2.15. The van der Waals surface area contributed by atoms with Crippen molar-refractivity contribution in [1.29, 1.82) is 0 Å². The summed E-state index contributed by atoms with van der Waals surface area (Å²) in [6, 6.07) is 11.3. The highest BCUT2D eigenvalue weighted by atomic mass is 35.5. The number of hydrogen-bond donors (Lipinski definition) is 2. The van der Waals surface area contributed by atoms with Crippen LogP contribution in [0.1, 0.15) is 18.9 Å². The molecule has 0 atom stereocenters. The van der Waals surface area contributed by atoms with Crippen LogP contribution >= 0.6 is 11.6 Å². The van der Waals surface area contributed by atoms with E-state index >= 15 is 0 Å². The maximum atomic E-state index is 12.5. The predicted molar refractivity (Wildman–Crippen MR) is 108 cm³/mol. The Morgan fingerprint density at radius 1 is 1.14 bits per heavy atom. The quantitative estimate of drug-likeness (QED) is 0.749. The van der Waals surface area contributed by atoms with Crippen molar-refractivity contribution < 1.29 is 18.0 Å². The Morgan fingerprint density at radius 2 is 1.86 bits per heavy atom. The fraction of sp³-hybridized carbons (Fsp3) is 0.263. The molecule has 7 nitrogen and oxygen atoms in total. The van der Waals surface area contributed by atoms with Gasteiger partial charge in [-0.3, -0.25) is 9.59 Å². The second-order valence-electron chi connectivity index (χ2n) is 6.41. The number of halogens is 1. The second-order valence-corrected chi connectivity index (χ2v) is 8.62. The Labute approximate surface area is 168 Å². The van der Waals surface area contributed by atoms with E-state index in [-0.39, 0.29) is 29.7 Å². The minimum Gasteiger partial charge on any atom is -0.326 e. The van der Waals surface area contributed by atoms with E-state index in [9.17, 15) is 18.0 Å². The number of carbonyl (C=O) groups excluding carboxylic acids is 2. The molecule has 0 aromatic heterocycles. The van der Waals surface area contributed by atoms with Gasteiger partial charge >= 0.3 is 0 Å². The zero-order valence-electron chi connectivity index (χ0n) is 15.2. The van der Waals surface area contributed by atoms with Crippen LogP contribution in [0.25, 0.3) is 0 Å². The summed E-state index contributed by atoms with van der Waals surface area (Å²) in [5, 5.41) is 3.24. The van der Waals surface area contributed by atoms with Crippen molar-refractivity contribution in [2.75, 3.05) is 23.3 Å². The largest absolute Gasteiger partial charge is 0.326 e. The molecule has 2 aromatic rings. The average Bonchev–Trinajstić information content (AvgIpc) is 3.07. The first-order valence-corrected chi connectivity index (χ1v) is 10.6. The summed E-state index contributed by atoms with van der Waals surface area (Å²) in [6.07, 6.45) is 0.604. The molecule has 2 N–H and O–H groups in total. The topological polar surface area (TPSA) is 95.6 Å². The number of sulfonamides is 1. The highest BCUT2D eigenvalue weighted by Gasteiger charge is 2.24. The lowest BCUT2D eigenvalue weighted by molar-refractivity contribution is -0.117.